The van der Waals surface area contributed by atoms with Crippen LogP contribution in [0.5, 0.6) is 0 Å². The Hall–Kier alpha value is -2.73. The maximum absolute atomic E-state index is 12.5. The highest BCUT2D eigenvalue weighted by atomic mass is 16.1. The molecule has 1 atom stereocenters. The molecular formula is C18H16N2O. The highest BCUT2D eigenvalue weighted by Crippen LogP contribution is 2.32. The van der Waals surface area contributed by atoms with Crippen molar-refractivity contribution >= 4 is 17.3 Å². The van der Waals surface area contributed by atoms with Gasteiger partial charge in [0.05, 0.1) is 5.92 Å². The Morgan fingerprint density at radius 2 is 2.10 bits per heavy atom. The minimum absolute atomic E-state index is 0.0121. The van der Waals surface area contributed by atoms with Gasteiger partial charge in [0, 0.05) is 23.5 Å². The lowest BCUT2D eigenvalue weighted by atomic mass is 9.90. The average Bonchev–Trinajstić information content (AvgIpc) is 2.54. The lowest BCUT2D eigenvalue weighted by Gasteiger charge is -2.25. The largest absolute Gasteiger partial charge is 0.385 e. The van der Waals surface area contributed by atoms with Gasteiger partial charge in [-0.05, 0) is 36.2 Å². The molecule has 2 N–H and O–H groups in total. The zero-order chi connectivity index (χ0) is 14.7. The number of terminal acetylenes is 1. The summed E-state index contributed by atoms with van der Waals surface area (Å²) in [5.74, 6) is 2.46. The third-order valence-corrected chi connectivity index (χ3v) is 3.70. The minimum Gasteiger partial charge on any atom is -0.385 e. The first kappa shape index (κ1) is 13.3. The molecule has 1 heterocycles. The molecule has 3 rings (SSSR count). The van der Waals surface area contributed by atoms with Crippen LogP contribution in [0.3, 0.4) is 0 Å². The van der Waals surface area contributed by atoms with Crippen LogP contribution in [0, 0.1) is 12.3 Å². The highest BCUT2D eigenvalue weighted by molar-refractivity contribution is 5.97. The molecule has 0 saturated heterocycles. The standard InChI is InChI=1S/C18H16N2O/c1-2-13-6-5-7-14(12-13)20-18(21)16-10-11-19-17-9-4-3-8-15(16)17/h1,3-9,12,16,19H,10-11H2,(H,20,21). The molecule has 0 radical (unpaired) electrons. The van der Waals surface area contributed by atoms with Gasteiger partial charge < -0.3 is 10.6 Å². The molecule has 2 aromatic rings. The average molecular weight is 276 g/mol. The Kier molecular flexibility index (Phi) is 3.61. The fraction of sp³-hybridized carbons (Fsp3) is 0.167. The maximum Gasteiger partial charge on any atom is 0.232 e. The molecule has 0 aromatic heterocycles. The van der Waals surface area contributed by atoms with Crippen molar-refractivity contribution in [3.63, 3.8) is 0 Å². The first-order chi connectivity index (χ1) is 10.3. The Balaban J connectivity index is 1.82. The van der Waals surface area contributed by atoms with Crippen LogP contribution >= 0.6 is 0 Å². The van der Waals surface area contributed by atoms with Gasteiger partial charge >= 0.3 is 0 Å². The van der Waals surface area contributed by atoms with E-state index >= 15 is 0 Å². The normalized spacial score (nSPS) is 16.2. The Labute approximate surface area is 124 Å². The third kappa shape index (κ3) is 2.75. The van der Waals surface area contributed by atoms with Crippen LogP contribution in [0.15, 0.2) is 48.5 Å². The van der Waals surface area contributed by atoms with Gasteiger partial charge in [-0.1, -0.05) is 30.2 Å². The zero-order valence-corrected chi connectivity index (χ0v) is 11.6. The van der Waals surface area contributed by atoms with E-state index < -0.39 is 0 Å². The van der Waals surface area contributed by atoms with Crippen LogP contribution in [0.2, 0.25) is 0 Å². The molecule has 0 fully saturated rings. The number of amides is 1. The van der Waals surface area contributed by atoms with E-state index in [1.807, 2.05) is 48.5 Å². The number of benzene rings is 2. The van der Waals surface area contributed by atoms with Gasteiger partial charge in [0.15, 0.2) is 0 Å². The number of anilines is 2. The molecule has 3 heteroatoms. The maximum atomic E-state index is 12.5. The van der Waals surface area contributed by atoms with Crippen molar-refractivity contribution < 1.29 is 4.79 Å². The summed E-state index contributed by atoms with van der Waals surface area (Å²) in [5.41, 5.74) is 3.60. The number of carbonyl (C=O) groups is 1. The number of hydrogen-bond acceptors (Lipinski definition) is 2. The van der Waals surface area contributed by atoms with Gasteiger partial charge in [-0.25, -0.2) is 0 Å². The summed E-state index contributed by atoms with van der Waals surface area (Å²) >= 11 is 0. The molecular weight excluding hydrogens is 260 g/mol. The Morgan fingerprint density at radius 1 is 1.24 bits per heavy atom. The number of carbonyl (C=O) groups excluding carboxylic acids is 1. The fourth-order valence-electron chi connectivity index (χ4n) is 2.66. The number of rotatable bonds is 2. The van der Waals surface area contributed by atoms with Crippen molar-refractivity contribution in [3.8, 4) is 12.3 Å². The molecule has 0 aliphatic carbocycles. The van der Waals surface area contributed by atoms with Crippen molar-refractivity contribution in [1.29, 1.82) is 0 Å². The van der Waals surface area contributed by atoms with E-state index in [9.17, 15) is 4.79 Å². The number of nitrogens with one attached hydrogen (secondary N) is 2. The molecule has 2 aromatic carbocycles. The number of hydrogen-bond donors (Lipinski definition) is 2. The summed E-state index contributed by atoms with van der Waals surface area (Å²) in [6.45, 7) is 0.805. The van der Waals surface area contributed by atoms with Gasteiger partial charge in [0.25, 0.3) is 0 Å². The molecule has 104 valence electrons. The van der Waals surface area contributed by atoms with Gasteiger partial charge in [0.1, 0.15) is 0 Å². The summed E-state index contributed by atoms with van der Waals surface area (Å²) in [4.78, 5) is 12.5. The molecule has 0 saturated carbocycles. The van der Waals surface area contributed by atoms with E-state index in [0.29, 0.717) is 0 Å². The van der Waals surface area contributed by atoms with Crippen LogP contribution in [0.25, 0.3) is 0 Å². The molecule has 0 spiro atoms. The first-order valence-electron chi connectivity index (χ1n) is 6.98. The number of fused-ring (bicyclic) bond motifs is 1. The van der Waals surface area contributed by atoms with Crippen LogP contribution < -0.4 is 10.6 Å². The van der Waals surface area contributed by atoms with Crippen LogP contribution in [-0.2, 0) is 4.79 Å². The lowest BCUT2D eigenvalue weighted by Crippen LogP contribution is -2.27. The predicted molar refractivity (Wildman–Crippen MR) is 85.3 cm³/mol. The van der Waals surface area contributed by atoms with Crippen molar-refractivity contribution in [3.05, 3.63) is 59.7 Å². The van der Waals surface area contributed by atoms with E-state index in [4.69, 9.17) is 6.42 Å². The molecule has 3 nitrogen and oxygen atoms in total. The molecule has 1 unspecified atom stereocenters. The quantitative estimate of drug-likeness (QED) is 0.827. The van der Waals surface area contributed by atoms with E-state index in [-0.39, 0.29) is 11.8 Å². The van der Waals surface area contributed by atoms with Crippen LogP contribution in [-0.4, -0.2) is 12.5 Å². The van der Waals surface area contributed by atoms with Crippen LogP contribution in [0.4, 0.5) is 11.4 Å². The summed E-state index contributed by atoms with van der Waals surface area (Å²) in [6.07, 6.45) is 6.17. The molecule has 21 heavy (non-hydrogen) atoms. The zero-order valence-electron chi connectivity index (χ0n) is 11.6. The second-order valence-corrected chi connectivity index (χ2v) is 5.07. The Morgan fingerprint density at radius 3 is 2.95 bits per heavy atom. The lowest BCUT2D eigenvalue weighted by molar-refractivity contribution is -0.117. The predicted octanol–water partition coefficient (Wildman–Crippen LogP) is 3.21. The minimum atomic E-state index is -0.128. The smallest absolute Gasteiger partial charge is 0.232 e. The molecule has 1 aliphatic rings. The van der Waals surface area contributed by atoms with E-state index in [1.54, 1.807) is 0 Å². The fourth-order valence-corrected chi connectivity index (χ4v) is 2.66. The van der Waals surface area contributed by atoms with Crippen molar-refractivity contribution in [2.75, 3.05) is 17.2 Å². The van der Waals surface area contributed by atoms with Crippen molar-refractivity contribution in [2.24, 2.45) is 0 Å². The summed E-state index contributed by atoms with van der Waals surface area (Å²) in [6, 6.07) is 15.3. The summed E-state index contributed by atoms with van der Waals surface area (Å²) in [5, 5.41) is 6.29. The highest BCUT2D eigenvalue weighted by Gasteiger charge is 2.26. The van der Waals surface area contributed by atoms with Gasteiger partial charge in [-0.2, -0.15) is 0 Å². The second-order valence-electron chi connectivity index (χ2n) is 5.07. The van der Waals surface area contributed by atoms with Crippen molar-refractivity contribution in [1.82, 2.24) is 0 Å². The number of para-hydroxylation sites is 1. The molecule has 0 bridgehead atoms. The Bertz CT molecular complexity index is 715. The SMILES string of the molecule is C#Cc1cccc(NC(=O)C2CCNc3ccccc32)c1. The van der Waals surface area contributed by atoms with Gasteiger partial charge in [0.2, 0.25) is 5.91 Å². The summed E-state index contributed by atoms with van der Waals surface area (Å²) < 4.78 is 0. The van der Waals surface area contributed by atoms with Gasteiger partial charge in [-0.15, -0.1) is 6.42 Å². The topological polar surface area (TPSA) is 41.1 Å². The first-order valence-corrected chi connectivity index (χ1v) is 6.98. The monoisotopic (exact) mass is 276 g/mol. The second kappa shape index (κ2) is 5.72. The van der Waals surface area contributed by atoms with Gasteiger partial charge in [-0.3, -0.25) is 4.79 Å². The third-order valence-electron chi connectivity index (χ3n) is 3.70. The summed E-state index contributed by atoms with van der Waals surface area (Å²) in [7, 11) is 0. The molecule has 1 aliphatic heterocycles. The van der Waals surface area contributed by atoms with Crippen molar-refractivity contribution in [2.45, 2.75) is 12.3 Å². The van der Waals surface area contributed by atoms with Crippen LogP contribution in [0.1, 0.15) is 23.5 Å². The van der Waals surface area contributed by atoms with E-state index in [2.05, 4.69) is 16.6 Å². The molecule has 1 amide bonds. The van der Waals surface area contributed by atoms with E-state index in [1.165, 1.54) is 0 Å². The van der Waals surface area contributed by atoms with E-state index in [0.717, 1.165) is 35.5 Å².